The lowest BCUT2D eigenvalue weighted by Gasteiger charge is -2.26. The predicted octanol–water partition coefficient (Wildman–Crippen LogP) is 0.547. The van der Waals surface area contributed by atoms with Gasteiger partial charge in [-0.1, -0.05) is 0 Å². The zero-order valence-electron chi connectivity index (χ0n) is 11.1. The van der Waals surface area contributed by atoms with Gasteiger partial charge in [-0.05, 0) is 6.07 Å². The summed E-state index contributed by atoms with van der Waals surface area (Å²) in [6.45, 7) is 4.88. The Kier molecular flexibility index (Phi) is 5.11. The molecule has 1 fully saturated rings. The van der Waals surface area contributed by atoms with Gasteiger partial charge in [0.2, 0.25) is 5.88 Å². The second kappa shape index (κ2) is 7.06. The van der Waals surface area contributed by atoms with Crippen molar-refractivity contribution in [3.63, 3.8) is 0 Å². The van der Waals surface area contributed by atoms with Crippen LogP contribution < -0.4 is 4.74 Å². The van der Waals surface area contributed by atoms with Crippen LogP contribution in [-0.4, -0.2) is 67.7 Å². The van der Waals surface area contributed by atoms with E-state index in [2.05, 4.69) is 14.9 Å². The third kappa shape index (κ3) is 4.18. The van der Waals surface area contributed by atoms with Gasteiger partial charge in [-0.2, -0.15) is 0 Å². The Hall–Kier alpha value is -1.66. The van der Waals surface area contributed by atoms with Crippen molar-refractivity contribution >= 4 is 6.21 Å². The Bertz CT molecular complexity index is 431. The zero-order chi connectivity index (χ0) is 13.5. The van der Waals surface area contributed by atoms with Crippen LogP contribution in [0.15, 0.2) is 17.1 Å². The number of aromatic hydroxyl groups is 1. The molecule has 0 aromatic carbocycles. The molecule has 0 spiro atoms. The number of hydrogen-bond acceptors (Lipinski definition) is 6. The van der Waals surface area contributed by atoms with Crippen molar-refractivity contribution in [1.82, 2.24) is 9.88 Å². The molecule has 1 aromatic rings. The van der Waals surface area contributed by atoms with Crippen LogP contribution in [0.25, 0.3) is 0 Å². The molecular formula is C13H19N3O3. The van der Waals surface area contributed by atoms with Gasteiger partial charge < -0.3 is 14.6 Å². The minimum absolute atomic E-state index is 0.103. The third-order valence-electron chi connectivity index (χ3n) is 2.89. The largest absolute Gasteiger partial charge is 0.506 e. The summed E-state index contributed by atoms with van der Waals surface area (Å²) in [5.74, 6) is 0.604. The van der Waals surface area contributed by atoms with Crippen LogP contribution in [0.4, 0.5) is 0 Å². The molecule has 1 aliphatic rings. The number of aromatic nitrogens is 1. The Morgan fingerprint density at radius 2 is 2.26 bits per heavy atom. The van der Waals surface area contributed by atoms with E-state index in [1.54, 1.807) is 19.2 Å². The number of morpholine rings is 1. The van der Waals surface area contributed by atoms with E-state index in [1.807, 2.05) is 0 Å². The van der Waals surface area contributed by atoms with Gasteiger partial charge in [0.15, 0.2) is 0 Å². The molecule has 0 atom stereocenters. The molecule has 2 rings (SSSR count). The topological polar surface area (TPSA) is 67.2 Å². The molecule has 19 heavy (non-hydrogen) atoms. The van der Waals surface area contributed by atoms with E-state index in [0.717, 1.165) is 32.8 Å². The molecule has 0 unspecified atom stereocenters. The van der Waals surface area contributed by atoms with E-state index < -0.39 is 0 Å². The Labute approximate surface area is 112 Å². The highest BCUT2D eigenvalue weighted by molar-refractivity contribution is 5.80. The van der Waals surface area contributed by atoms with Crippen LogP contribution in [0.3, 0.4) is 0 Å². The molecule has 0 radical (unpaired) electrons. The minimum atomic E-state index is 0.103. The molecule has 0 bridgehead atoms. The maximum Gasteiger partial charge on any atom is 0.214 e. The lowest BCUT2D eigenvalue weighted by molar-refractivity contribution is 0.0320. The summed E-state index contributed by atoms with van der Waals surface area (Å²) < 4.78 is 10.9. The quantitative estimate of drug-likeness (QED) is 0.787. The van der Waals surface area contributed by atoms with Crippen LogP contribution in [-0.2, 0) is 4.74 Å². The minimum Gasteiger partial charge on any atom is -0.506 e. The number of pyridine rings is 1. The van der Waals surface area contributed by atoms with Gasteiger partial charge in [-0.25, -0.2) is 4.98 Å². The van der Waals surface area contributed by atoms with Gasteiger partial charge in [0, 0.05) is 32.7 Å². The molecule has 2 heterocycles. The molecule has 1 saturated heterocycles. The first-order valence-electron chi connectivity index (χ1n) is 6.34. The van der Waals surface area contributed by atoms with Crippen molar-refractivity contribution in [1.29, 1.82) is 0 Å². The van der Waals surface area contributed by atoms with E-state index in [9.17, 15) is 5.11 Å². The molecule has 6 nitrogen and oxygen atoms in total. The number of ether oxygens (including phenoxy) is 2. The van der Waals surface area contributed by atoms with Crippen LogP contribution in [0.1, 0.15) is 5.69 Å². The second-order valence-corrected chi connectivity index (χ2v) is 4.24. The summed E-state index contributed by atoms with van der Waals surface area (Å²) in [5.41, 5.74) is 0.423. The molecular weight excluding hydrogens is 246 g/mol. The molecule has 1 N–H and O–H groups in total. The molecule has 1 aliphatic heterocycles. The standard InChI is InChI=1S/C13H19N3O3/c1-14-10-11-12(17)2-3-13(15-11)19-9-6-16-4-7-18-8-5-16/h2-3,10,17H,4-9H2,1H3. The van der Waals surface area contributed by atoms with E-state index in [1.165, 1.54) is 6.21 Å². The smallest absolute Gasteiger partial charge is 0.214 e. The fourth-order valence-corrected chi connectivity index (χ4v) is 1.85. The second-order valence-electron chi connectivity index (χ2n) is 4.24. The first kappa shape index (κ1) is 13.8. The molecule has 104 valence electrons. The van der Waals surface area contributed by atoms with Crippen molar-refractivity contribution in [3.8, 4) is 11.6 Å². The number of aliphatic imine (C=N–C) groups is 1. The van der Waals surface area contributed by atoms with Crippen LogP contribution in [0.2, 0.25) is 0 Å². The third-order valence-corrected chi connectivity index (χ3v) is 2.89. The number of nitrogens with zero attached hydrogens (tertiary/aromatic N) is 3. The average Bonchev–Trinajstić information content (AvgIpc) is 2.44. The van der Waals surface area contributed by atoms with Gasteiger partial charge in [0.05, 0.1) is 19.4 Å². The summed E-state index contributed by atoms with van der Waals surface area (Å²) in [7, 11) is 1.63. The molecule has 0 aliphatic carbocycles. The highest BCUT2D eigenvalue weighted by atomic mass is 16.5. The molecule has 0 saturated carbocycles. The van der Waals surface area contributed by atoms with Crippen LogP contribution in [0.5, 0.6) is 11.6 Å². The molecule has 6 heteroatoms. The van der Waals surface area contributed by atoms with Crippen LogP contribution in [0, 0.1) is 0 Å². The Morgan fingerprint density at radius 3 is 3.00 bits per heavy atom. The van der Waals surface area contributed by atoms with Crippen LogP contribution >= 0.6 is 0 Å². The van der Waals surface area contributed by atoms with Crippen molar-refractivity contribution in [2.75, 3.05) is 46.5 Å². The van der Waals surface area contributed by atoms with Crippen molar-refractivity contribution in [2.45, 2.75) is 0 Å². The fourth-order valence-electron chi connectivity index (χ4n) is 1.85. The van der Waals surface area contributed by atoms with E-state index in [4.69, 9.17) is 9.47 Å². The maximum atomic E-state index is 9.56. The van der Waals surface area contributed by atoms with Gasteiger partial charge >= 0.3 is 0 Å². The Morgan fingerprint density at radius 1 is 1.47 bits per heavy atom. The van der Waals surface area contributed by atoms with Crippen molar-refractivity contribution < 1.29 is 14.6 Å². The number of rotatable bonds is 5. The van der Waals surface area contributed by atoms with Gasteiger partial charge in [-0.15, -0.1) is 0 Å². The highest BCUT2D eigenvalue weighted by Crippen LogP contribution is 2.17. The SMILES string of the molecule is CN=Cc1nc(OCCN2CCOCC2)ccc1O. The van der Waals surface area contributed by atoms with E-state index in [-0.39, 0.29) is 5.75 Å². The monoisotopic (exact) mass is 265 g/mol. The average molecular weight is 265 g/mol. The van der Waals surface area contributed by atoms with Gasteiger partial charge in [0.1, 0.15) is 18.1 Å². The van der Waals surface area contributed by atoms with Gasteiger partial charge in [0.25, 0.3) is 0 Å². The Balaban J connectivity index is 1.83. The molecule has 0 amide bonds. The maximum absolute atomic E-state index is 9.56. The normalized spacial score (nSPS) is 16.9. The zero-order valence-corrected chi connectivity index (χ0v) is 11.1. The fraction of sp³-hybridized carbons (Fsp3) is 0.538. The molecule has 1 aromatic heterocycles. The predicted molar refractivity (Wildman–Crippen MR) is 72.2 cm³/mol. The number of hydrogen-bond donors (Lipinski definition) is 1. The summed E-state index contributed by atoms with van der Waals surface area (Å²) in [4.78, 5) is 10.3. The van der Waals surface area contributed by atoms with E-state index >= 15 is 0 Å². The lowest BCUT2D eigenvalue weighted by atomic mass is 10.3. The first-order chi connectivity index (χ1) is 9.29. The van der Waals surface area contributed by atoms with Crippen molar-refractivity contribution in [2.24, 2.45) is 4.99 Å². The summed E-state index contributed by atoms with van der Waals surface area (Å²) in [5, 5.41) is 9.56. The highest BCUT2D eigenvalue weighted by Gasteiger charge is 2.10. The van der Waals surface area contributed by atoms with E-state index in [0.29, 0.717) is 18.2 Å². The van der Waals surface area contributed by atoms with Crippen molar-refractivity contribution in [3.05, 3.63) is 17.8 Å². The summed E-state index contributed by atoms with van der Waals surface area (Å²) >= 11 is 0. The summed E-state index contributed by atoms with van der Waals surface area (Å²) in [6, 6.07) is 3.22. The van der Waals surface area contributed by atoms with Gasteiger partial charge in [-0.3, -0.25) is 9.89 Å². The summed E-state index contributed by atoms with van der Waals surface area (Å²) in [6.07, 6.45) is 1.50. The lowest BCUT2D eigenvalue weighted by Crippen LogP contribution is -2.38. The first-order valence-corrected chi connectivity index (χ1v) is 6.34.